The van der Waals surface area contributed by atoms with E-state index in [1.54, 1.807) is 0 Å². The molecule has 0 aromatic carbocycles. The van der Waals surface area contributed by atoms with Crippen LogP contribution in [0.4, 0.5) is 0 Å². The van der Waals surface area contributed by atoms with Crippen molar-refractivity contribution in [3.8, 4) is 0 Å². The Kier molecular flexibility index (Phi) is 16.1. The quantitative estimate of drug-likeness (QED) is 0.477. The van der Waals surface area contributed by atoms with Crippen LogP contribution in [0.25, 0.3) is 0 Å². The van der Waals surface area contributed by atoms with E-state index in [1.165, 1.54) is 0 Å². The van der Waals surface area contributed by atoms with Gasteiger partial charge in [0.15, 0.2) is 0 Å². The van der Waals surface area contributed by atoms with E-state index in [0.717, 1.165) is 6.42 Å². The molecule has 2 N–H and O–H groups in total. The molecule has 0 atom stereocenters. The van der Waals surface area contributed by atoms with Gasteiger partial charge in [0.25, 0.3) is 0 Å². The van der Waals surface area contributed by atoms with Crippen molar-refractivity contribution >= 4 is 0 Å². The van der Waals surface area contributed by atoms with Crippen LogP contribution in [0.2, 0.25) is 0 Å². The van der Waals surface area contributed by atoms with Crippen LogP contribution in [0.15, 0.2) is 0 Å². The van der Waals surface area contributed by atoms with E-state index in [9.17, 15) is 0 Å². The minimum absolute atomic E-state index is 0. The number of rotatable bonds is 1. The smallest absolute Gasteiger partial charge is 0 e. The first-order valence-electron chi connectivity index (χ1n) is 1.41. The van der Waals surface area contributed by atoms with Gasteiger partial charge in [0.1, 0.15) is 0 Å². The summed E-state index contributed by atoms with van der Waals surface area (Å²) < 4.78 is 0. The molecule has 0 aliphatic heterocycles. The van der Waals surface area contributed by atoms with E-state index in [4.69, 9.17) is 5.73 Å². The number of nitrogens with two attached hydrogens (primary N) is 1. The van der Waals surface area contributed by atoms with Gasteiger partial charge >= 0.3 is 0 Å². The van der Waals surface area contributed by atoms with Crippen LogP contribution in [-0.4, -0.2) is 6.54 Å². The average molecular weight is 109 g/mol. The molecular formula is C3H8NV-. The van der Waals surface area contributed by atoms with Crippen LogP contribution < -0.4 is 5.73 Å². The maximum Gasteiger partial charge on any atom is 0 e. The van der Waals surface area contributed by atoms with E-state index in [1.807, 2.05) is 0 Å². The molecule has 0 aromatic rings. The van der Waals surface area contributed by atoms with Crippen molar-refractivity contribution in [1.29, 1.82) is 0 Å². The largest absolute Gasteiger partial charge is 0.342 e. The Morgan fingerprint density at radius 1 is 1.60 bits per heavy atom. The molecule has 5 heavy (non-hydrogen) atoms. The summed E-state index contributed by atoms with van der Waals surface area (Å²) in [6, 6.07) is 0. The average Bonchev–Trinajstić information content (AvgIpc) is 1.37. The molecule has 0 saturated heterocycles. The molecular weight excluding hydrogens is 101 g/mol. The van der Waals surface area contributed by atoms with E-state index in [-0.39, 0.29) is 18.6 Å². The Morgan fingerprint density at radius 2 is 1.80 bits per heavy atom. The Labute approximate surface area is 44.8 Å². The molecule has 0 fully saturated rings. The van der Waals surface area contributed by atoms with Crippen molar-refractivity contribution in [3.63, 3.8) is 0 Å². The molecule has 0 unspecified atom stereocenters. The Morgan fingerprint density at radius 3 is 1.80 bits per heavy atom. The predicted molar refractivity (Wildman–Crippen MR) is 19.0 cm³/mol. The number of hydrogen-bond donors (Lipinski definition) is 1. The molecule has 0 heterocycles. The van der Waals surface area contributed by atoms with Crippen LogP contribution in [0.5, 0.6) is 0 Å². The summed E-state index contributed by atoms with van der Waals surface area (Å²) in [5.41, 5.74) is 4.97. The van der Waals surface area contributed by atoms with Crippen LogP contribution in [0, 0.1) is 6.92 Å². The molecule has 0 amide bonds. The zero-order valence-electron chi connectivity index (χ0n) is 3.15. The van der Waals surface area contributed by atoms with E-state index in [2.05, 4.69) is 6.92 Å². The van der Waals surface area contributed by atoms with Gasteiger partial charge in [0.05, 0.1) is 0 Å². The molecule has 0 bridgehead atoms. The Balaban J connectivity index is 0. The maximum atomic E-state index is 4.97. The van der Waals surface area contributed by atoms with Crippen molar-refractivity contribution in [2.24, 2.45) is 5.73 Å². The van der Waals surface area contributed by atoms with Crippen LogP contribution in [0.3, 0.4) is 0 Å². The monoisotopic (exact) mass is 109 g/mol. The molecule has 0 aliphatic carbocycles. The summed E-state index contributed by atoms with van der Waals surface area (Å²) in [4.78, 5) is 0. The molecule has 0 saturated carbocycles. The van der Waals surface area contributed by atoms with Crippen molar-refractivity contribution in [2.75, 3.05) is 6.54 Å². The summed E-state index contributed by atoms with van der Waals surface area (Å²) >= 11 is 0. The third-order valence-electron chi connectivity index (χ3n) is 0.204. The zero-order valence-corrected chi connectivity index (χ0v) is 4.54. The summed E-state index contributed by atoms with van der Waals surface area (Å²) in [5, 5.41) is 0. The first kappa shape index (κ1) is 9.11. The second-order valence-corrected chi connectivity index (χ2v) is 0.642. The Bertz CT molecular complexity index is 8.85. The van der Waals surface area contributed by atoms with Crippen LogP contribution in [0.1, 0.15) is 6.42 Å². The molecule has 0 rings (SSSR count). The predicted octanol–water partition coefficient (Wildman–Crippen LogP) is 0.167. The third-order valence-corrected chi connectivity index (χ3v) is 0.204. The zero-order chi connectivity index (χ0) is 3.41. The summed E-state index contributed by atoms with van der Waals surface area (Å²) in [7, 11) is 0. The van der Waals surface area contributed by atoms with Crippen molar-refractivity contribution in [1.82, 2.24) is 0 Å². The summed E-state index contributed by atoms with van der Waals surface area (Å²) in [5.74, 6) is 0. The van der Waals surface area contributed by atoms with Gasteiger partial charge in [0, 0.05) is 18.6 Å². The number of hydrogen-bond acceptors (Lipinski definition) is 1. The van der Waals surface area contributed by atoms with Gasteiger partial charge in [-0.1, -0.05) is 0 Å². The van der Waals surface area contributed by atoms with Gasteiger partial charge in [-0.05, 0) is 6.54 Å². The second-order valence-electron chi connectivity index (χ2n) is 0.642. The fourth-order valence-corrected chi connectivity index (χ4v) is 0. The van der Waals surface area contributed by atoms with Gasteiger partial charge < -0.3 is 12.7 Å². The molecule has 0 aromatic heterocycles. The van der Waals surface area contributed by atoms with Crippen molar-refractivity contribution in [2.45, 2.75) is 6.42 Å². The topological polar surface area (TPSA) is 26.0 Å². The minimum Gasteiger partial charge on any atom is -0.342 e. The molecule has 0 spiro atoms. The van der Waals surface area contributed by atoms with Crippen molar-refractivity contribution in [3.05, 3.63) is 6.92 Å². The minimum atomic E-state index is 0. The SMILES string of the molecule is [CH2-]CCN.[V]. The van der Waals surface area contributed by atoms with Gasteiger partial charge in [-0.25, -0.2) is 0 Å². The molecule has 1 nitrogen and oxygen atoms in total. The molecule has 1 radical (unpaired) electrons. The van der Waals surface area contributed by atoms with Gasteiger partial charge in [0.2, 0.25) is 0 Å². The van der Waals surface area contributed by atoms with Crippen LogP contribution >= 0.6 is 0 Å². The molecule has 2 heteroatoms. The first-order chi connectivity index (χ1) is 1.91. The molecule has 31 valence electrons. The molecule has 0 aliphatic rings. The van der Waals surface area contributed by atoms with E-state index < -0.39 is 0 Å². The van der Waals surface area contributed by atoms with Crippen LogP contribution in [-0.2, 0) is 18.6 Å². The third kappa shape index (κ3) is 12.3. The standard InChI is InChI=1S/C3H8N.V/c1-2-3-4;/h1-4H2;/q-1;. The normalized spacial score (nSPS) is 6.00. The van der Waals surface area contributed by atoms with E-state index >= 15 is 0 Å². The van der Waals surface area contributed by atoms with Gasteiger partial charge in [-0.3, -0.25) is 0 Å². The summed E-state index contributed by atoms with van der Waals surface area (Å²) in [6.45, 7) is 4.19. The first-order valence-corrected chi connectivity index (χ1v) is 1.41. The van der Waals surface area contributed by atoms with Crippen molar-refractivity contribution < 1.29 is 18.6 Å². The fraction of sp³-hybridized carbons (Fsp3) is 0.667. The summed E-state index contributed by atoms with van der Waals surface area (Å²) in [6.07, 6.45) is 0.847. The second kappa shape index (κ2) is 8.82. The maximum absolute atomic E-state index is 4.97. The Hall–Kier alpha value is 0.544. The van der Waals surface area contributed by atoms with Gasteiger partial charge in [-0.2, -0.15) is 6.42 Å². The fourth-order valence-electron chi connectivity index (χ4n) is 0. The van der Waals surface area contributed by atoms with E-state index in [0.29, 0.717) is 6.54 Å². The van der Waals surface area contributed by atoms with Gasteiger partial charge in [-0.15, -0.1) is 0 Å².